The van der Waals surface area contributed by atoms with E-state index in [1.165, 1.54) is 47.1 Å². The molecule has 56 heavy (non-hydrogen) atoms. The van der Waals surface area contributed by atoms with Crippen LogP contribution in [0, 0.1) is 5.41 Å². The lowest BCUT2D eigenvalue weighted by Crippen LogP contribution is -2.75. The van der Waals surface area contributed by atoms with E-state index in [2.05, 4.69) is 5.32 Å². The van der Waals surface area contributed by atoms with Crippen LogP contribution in [-0.2, 0) is 14.4 Å². The molecule has 1 aromatic heterocycles. The fourth-order valence-corrected chi connectivity index (χ4v) is 10.5. The van der Waals surface area contributed by atoms with Gasteiger partial charge < -0.3 is 20.1 Å². The SMILES string of the molecule is CC(=O)N(c1cccs1)C1C(=O)N2CC(C=CCOc3ccc(Cl)cc3C(=O)Nc3ccc(Cl)c(Cl)c3)(C(=O)O)C(C(c3ccccc3)c3ccccc3)S[C@H]12. The third-order valence-corrected chi connectivity index (χ3v) is 13.5. The van der Waals surface area contributed by atoms with Crippen LogP contribution in [0.5, 0.6) is 5.75 Å². The number of carboxylic acids is 1. The molecule has 0 aliphatic carbocycles. The van der Waals surface area contributed by atoms with Crippen molar-refractivity contribution in [2.75, 3.05) is 23.4 Å². The molecule has 2 aliphatic rings. The van der Waals surface area contributed by atoms with E-state index < -0.39 is 39.9 Å². The van der Waals surface area contributed by atoms with Gasteiger partial charge >= 0.3 is 5.97 Å². The molecule has 0 saturated carbocycles. The molecule has 4 atom stereocenters. The van der Waals surface area contributed by atoms with E-state index in [4.69, 9.17) is 39.5 Å². The number of halogens is 3. The Morgan fingerprint density at radius 3 is 2.25 bits per heavy atom. The number of anilines is 2. The average Bonchev–Trinajstić information content (AvgIpc) is 3.73. The monoisotopic (exact) mass is 845 g/mol. The summed E-state index contributed by atoms with van der Waals surface area (Å²) in [7, 11) is 0. The van der Waals surface area contributed by atoms with E-state index in [1.54, 1.807) is 47.4 Å². The van der Waals surface area contributed by atoms with Gasteiger partial charge in [-0.05, 0) is 65.0 Å². The van der Waals surface area contributed by atoms with Crippen molar-refractivity contribution in [2.45, 2.75) is 29.5 Å². The Bertz CT molecular complexity index is 2260. The van der Waals surface area contributed by atoms with Crippen molar-refractivity contribution >= 4 is 92.3 Å². The highest BCUT2D eigenvalue weighted by Crippen LogP contribution is 2.55. The molecule has 3 unspecified atom stereocenters. The van der Waals surface area contributed by atoms with Gasteiger partial charge in [0.05, 0.1) is 20.6 Å². The summed E-state index contributed by atoms with van der Waals surface area (Å²) in [5.74, 6) is -2.45. The van der Waals surface area contributed by atoms with Crippen LogP contribution in [0.15, 0.2) is 127 Å². The summed E-state index contributed by atoms with van der Waals surface area (Å²) in [5.41, 5.74) is 0.753. The first-order valence-corrected chi connectivity index (χ1v) is 20.4. The van der Waals surface area contributed by atoms with Crippen molar-refractivity contribution in [3.63, 3.8) is 0 Å². The third-order valence-electron chi connectivity index (χ3n) is 9.83. The van der Waals surface area contributed by atoms with Gasteiger partial charge in [-0.3, -0.25) is 24.1 Å². The van der Waals surface area contributed by atoms with Crippen molar-refractivity contribution < 1.29 is 29.0 Å². The van der Waals surface area contributed by atoms with Crippen molar-refractivity contribution in [3.05, 3.63) is 158 Å². The second kappa shape index (κ2) is 16.8. The second-order valence-corrected chi connectivity index (χ2v) is 16.7. The predicted molar refractivity (Wildman–Crippen MR) is 223 cm³/mol. The number of rotatable bonds is 12. The number of carbonyl (C=O) groups excluding carboxylic acids is 3. The van der Waals surface area contributed by atoms with Crippen molar-refractivity contribution in [1.29, 1.82) is 0 Å². The number of nitrogens with one attached hydrogen (secondary N) is 1. The van der Waals surface area contributed by atoms with E-state index in [0.29, 0.717) is 20.7 Å². The second-order valence-electron chi connectivity index (χ2n) is 13.3. The molecule has 0 bridgehead atoms. The lowest BCUT2D eigenvalue weighted by molar-refractivity contribution is -0.156. The smallest absolute Gasteiger partial charge is 0.316 e. The standard InChI is InChI=1S/C42H34Cl3N3O6S2/c1-25(49)48(34-14-8-21-55-34)36-39(51)47-24-42(41(52)53,37(56-40(36)47)35(26-10-4-2-5-11-26)27-12-6-3-7-13-27)19-9-20-54-33-18-15-28(43)22-30(33)38(50)46-29-16-17-31(44)32(45)23-29/h2-19,21-23,35-37,40H,20,24H2,1H3,(H,46,50)(H,52,53)/t36?,37?,40-,42?/m1/s1. The number of benzene rings is 4. The molecule has 7 rings (SSSR count). The molecule has 2 saturated heterocycles. The molecule has 0 spiro atoms. The minimum atomic E-state index is -1.61. The van der Waals surface area contributed by atoms with E-state index in [-0.39, 0.29) is 41.3 Å². The van der Waals surface area contributed by atoms with Crippen molar-refractivity contribution in [1.82, 2.24) is 4.90 Å². The summed E-state index contributed by atoms with van der Waals surface area (Å²) in [4.78, 5) is 57.4. The maximum atomic E-state index is 14.0. The number of carboxylic acid groups (broad SMARTS) is 1. The van der Waals surface area contributed by atoms with Gasteiger partial charge in [-0.2, -0.15) is 0 Å². The summed E-state index contributed by atoms with van der Waals surface area (Å²) in [6.45, 7) is 1.19. The number of amides is 3. The number of fused-ring (bicyclic) bond motifs is 1. The topological polar surface area (TPSA) is 116 Å². The van der Waals surface area contributed by atoms with Crippen LogP contribution in [0.4, 0.5) is 10.7 Å². The van der Waals surface area contributed by atoms with E-state index >= 15 is 0 Å². The van der Waals surface area contributed by atoms with Gasteiger partial charge in [-0.1, -0.05) is 108 Å². The van der Waals surface area contributed by atoms with Crippen LogP contribution < -0.4 is 15.0 Å². The normalized spacial score (nSPS) is 20.3. The number of thioether (sulfide) groups is 1. The first kappa shape index (κ1) is 39.5. The number of thiophene rings is 1. The summed E-state index contributed by atoms with van der Waals surface area (Å²) in [5, 5.41) is 16.3. The molecule has 3 amide bonds. The molecule has 3 heterocycles. The zero-order chi connectivity index (χ0) is 39.6. The molecule has 2 N–H and O–H groups in total. The highest BCUT2D eigenvalue weighted by atomic mass is 35.5. The quantitative estimate of drug-likeness (QED) is 0.0950. The fourth-order valence-electron chi connectivity index (χ4n) is 7.22. The summed E-state index contributed by atoms with van der Waals surface area (Å²) < 4.78 is 6.10. The maximum absolute atomic E-state index is 14.0. The van der Waals surface area contributed by atoms with Gasteiger partial charge in [0.25, 0.3) is 5.91 Å². The van der Waals surface area contributed by atoms with Crippen molar-refractivity contribution in [2.24, 2.45) is 5.41 Å². The van der Waals surface area contributed by atoms with Gasteiger partial charge in [-0.15, -0.1) is 23.1 Å². The Morgan fingerprint density at radius 2 is 1.64 bits per heavy atom. The van der Waals surface area contributed by atoms with Gasteiger partial charge in [-0.25, -0.2) is 0 Å². The number of carbonyl (C=O) groups is 4. The van der Waals surface area contributed by atoms with Crippen LogP contribution in [0.1, 0.15) is 34.3 Å². The number of aliphatic carboxylic acids is 1. The number of hydrogen-bond donors (Lipinski definition) is 2. The maximum Gasteiger partial charge on any atom is 0.316 e. The summed E-state index contributed by atoms with van der Waals surface area (Å²) in [6.07, 6.45) is 3.22. The number of nitrogens with zero attached hydrogens (tertiary/aromatic N) is 2. The lowest BCUT2D eigenvalue weighted by Gasteiger charge is -2.59. The molecule has 286 valence electrons. The highest BCUT2D eigenvalue weighted by molar-refractivity contribution is 8.00. The van der Waals surface area contributed by atoms with Gasteiger partial charge in [0.1, 0.15) is 29.2 Å². The third kappa shape index (κ3) is 7.79. The lowest BCUT2D eigenvalue weighted by atomic mass is 9.72. The number of ether oxygens (including phenoxy) is 1. The molecule has 0 radical (unpaired) electrons. The van der Waals surface area contributed by atoms with Gasteiger partial charge in [0, 0.05) is 35.3 Å². The van der Waals surface area contributed by atoms with Crippen LogP contribution in [0.2, 0.25) is 15.1 Å². The fraction of sp³-hybridized carbons (Fsp3) is 0.190. The minimum Gasteiger partial charge on any atom is -0.489 e. The van der Waals surface area contributed by atoms with Crippen molar-refractivity contribution in [3.8, 4) is 5.75 Å². The Labute approximate surface area is 346 Å². The largest absolute Gasteiger partial charge is 0.489 e. The van der Waals surface area contributed by atoms with E-state index in [0.717, 1.165) is 11.1 Å². The molecule has 14 heteroatoms. The van der Waals surface area contributed by atoms with Crippen LogP contribution in [-0.4, -0.2) is 63.5 Å². The molecule has 5 aromatic rings. The van der Waals surface area contributed by atoms with Gasteiger partial charge in [0.2, 0.25) is 11.8 Å². The number of hydrogen-bond acceptors (Lipinski definition) is 7. The van der Waals surface area contributed by atoms with Crippen LogP contribution in [0.25, 0.3) is 0 Å². The van der Waals surface area contributed by atoms with Gasteiger partial charge in [0.15, 0.2) is 0 Å². The Kier molecular flexibility index (Phi) is 11.8. The Hall–Kier alpha value is -4.78. The Balaban J connectivity index is 1.23. The molecule has 2 fully saturated rings. The van der Waals surface area contributed by atoms with Crippen LogP contribution >= 0.6 is 57.9 Å². The van der Waals surface area contributed by atoms with E-state index in [1.807, 2.05) is 72.1 Å². The average molecular weight is 847 g/mol. The zero-order valence-corrected chi connectivity index (χ0v) is 33.6. The first-order valence-electron chi connectivity index (χ1n) is 17.5. The highest BCUT2D eigenvalue weighted by Gasteiger charge is 2.64. The summed E-state index contributed by atoms with van der Waals surface area (Å²) in [6, 6.07) is 31.5. The molecule has 4 aromatic carbocycles. The minimum absolute atomic E-state index is 0.112. The van der Waals surface area contributed by atoms with Crippen LogP contribution in [0.3, 0.4) is 0 Å². The number of β-lactam (4-membered cyclic amide) rings is 1. The predicted octanol–water partition coefficient (Wildman–Crippen LogP) is 9.50. The zero-order valence-electron chi connectivity index (χ0n) is 29.7. The molecular weight excluding hydrogens is 813 g/mol. The van der Waals surface area contributed by atoms with E-state index in [9.17, 15) is 24.3 Å². The molecule has 2 aliphatic heterocycles. The molecule has 9 nitrogen and oxygen atoms in total. The Morgan fingerprint density at radius 1 is 0.946 bits per heavy atom. The molecular formula is C42H34Cl3N3O6S2. The summed E-state index contributed by atoms with van der Waals surface area (Å²) >= 11 is 21.2. The first-order chi connectivity index (χ1) is 27.0.